The summed E-state index contributed by atoms with van der Waals surface area (Å²) in [4.78, 5) is 22.8. The normalized spacial score (nSPS) is 20.1. The number of carboxylic acid groups (broad SMARTS) is 1. The number of hydrogen-bond donors (Lipinski definition) is 2. The summed E-state index contributed by atoms with van der Waals surface area (Å²) in [5.74, 6) is -3.12. The van der Waals surface area contributed by atoms with Crippen LogP contribution in [0, 0.1) is 11.7 Å². The van der Waals surface area contributed by atoms with Crippen LogP contribution in [-0.4, -0.2) is 36.9 Å². The number of para-hydroxylation sites is 1. The Morgan fingerprint density at radius 1 is 1.38 bits per heavy atom. The second-order valence-corrected chi connectivity index (χ2v) is 7.22. The van der Waals surface area contributed by atoms with Crippen LogP contribution in [0.4, 0.5) is 10.1 Å². The standard InChI is InChI=1S/C13H14FNO5S/c14-10-3-1-2-9(13(17)18)12(10)15-11(16)6-8-4-5-21(19,20)7-8/h1-3,8H,4-7H2,(H,15,16)(H,17,18). The molecule has 0 saturated carbocycles. The van der Waals surface area contributed by atoms with Crippen molar-refractivity contribution in [3.05, 3.63) is 29.6 Å². The predicted octanol–water partition coefficient (Wildman–Crippen LogP) is 1.29. The molecule has 0 spiro atoms. The molecule has 1 heterocycles. The fourth-order valence-corrected chi connectivity index (χ4v) is 4.18. The van der Waals surface area contributed by atoms with E-state index in [0.717, 1.165) is 6.07 Å². The molecule has 1 saturated heterocycles. The van der Waals surface area contributed by atoms with Crippen LogP contribution in [0.3, 0.4) is 0 Å². The van der Waals surface area contributed by atoms with Crippen LogP contribution in [-0.2, 0) is 14.6 Å². The number of halogens is 1. The molecule has 1 aliphatic heterocycles. The van der Waals surface area contributed by atoms with Gasteiger partial charge in [-0.05, 0) is 24.5 Å². The van der Waals surface area contributed by atoms with Gasteiger partial charge in [0.15, 0.2) is 9.84 Å². The molecule has 6 nitrogen and oxygen atoms in total. The van der Waals surface area contributed by atoms with Gasteiger partial charge >= 0.3 is 5.97 Å². The van der Waals surface area contributed by atoms with E-state index in [-0.39, 0.29) is 29.4 Å². The average Bonchev–Trinajstić information content (AvgIpc) is 2.70. The zero-order chi connectivity index (χ0) is 15.6. The van der Waals surface area contributed by atoms with Crippen molar-refractivity contribution in [2.45, 2.75) is 12.8 Å². The molecule has 1 aromatic rings. The van der Waals surface area contributed by atoms with Gasteiger partial charge in [-0.3, -0.25) is 4.79 Å². The lowest BCUT2D eigenvalue weighted by Gasteiger charge is -2.11. The van der Waals surface area contributed by atoms with Crippen molar-refractivity contribution in [2.24, 2.45) is 5.92 Å². The van der Waals surface area contributed by atoms with E-state index in [0.29, 0.717) is 6.42 Å². The summed E-state index contributed by atoms with van der Waals surface area (Å²) < 4.78 is 36.3. The highest BCUT2D eigenvalue weighted by atomic mass is 32.2. The van der Waals surface area contributed by atoms with Gasteiger partial charge in [-0.15, -0.1) is 0 Å². The average molecular weight is 315 g/mol. The van der Waals surface area contributed by atoms with Gasteiger partial charge in [-0.1, -0.05) is 6.07 Å². The van der Waals surface area contributed by atoms with Crippen LogP contribution in [0.1, 0.15) is 23.2 Å². The number of carboxylic acids is 1. The highest BCUT2D eigenvalue weighted by Crippen LogP contribution is 2.24. The quantitative estimate of drug-likeness (QED) is 0.872. The number of sulfone groups is 1. The highest BCUT2D eigenvalue weighted by Gasteiger charge is 2.29. The summed E-state index contributed by atoms with van der Waals surface area (Å²) >= 11 is 0. The first kappa shape index (κ1) is 15.4. The van der Waals surface area contributed by atoms with Crippen molar-refractivity contribution in [3.63, 3.8) is 0 Å². The predicted molar refractivity (Wildman–Crippen MR) is 73.4 cm³/mol. The van der Waals surface area contributed by atoms with E-state index >= 15 is 0 Å². The molecule has 1 amide bonds. The Kier molecular flexibility index (Phi) is 4.26. The minimum Gasteiger partial charge on any atom is -0.478 e. The second kappa shape index (κ2) is 5.80. The summed E-state index contributed by atoms with van der Waals surface area (Å²) in [6.07, 6.45) is 0.311. The van der Waals surface area contributed by atoms with E-state index < -0.39 is 33.2 Å². The van der Waals surface area contributed by atoms with Gasteiger partial charge in [0.25, 0.3) is 0 Å². The molecule has 2 rings (SSSR count). The van der Waals surface area contributed by atoms with Crippen molar-refractivity contribution >= 4 is 27.4 Å². The molecule has 1 fully saturated rings. The maximum absolute atomic E-state index is 13.6. The van der Waals surface area contributed by atoms with E-state index in [4.69, 9.17) is 5.11 Å². The maximum atomic E-state index is 13.6. The molecule has 0 radical (unpaired) electrons. The summed E-state index contributed by atoms with van der Waals surface area (Å²) in [5.41, 5.74) is -0.738. The summed E-state index contributed by atoms with van der Waals surface area (Å²) in [6, 6.07) is 3.46. The van der Waals surface area contributed by atoms with Crippen molar-refractivity contribution in [3.8, 4) is 0 Å². The molecule has 0 aromatic heterocycles. The lowest BCUT2D eigenvalue weighted by molar-refractivity contribution is -0.116. The van der Waals surface area contributed by atoms with Crippen molar-refractivity contribution in [2.75, 3.05) is 16.8 Å². The van der Waals surface area contributed by atoms with Gasteiger partial charge in [0.05, 0.1) is 22.8 Å². The smallest absolute Gasteiger partial charge is 0.337 e. The number of carbonyl (C=O) groups excluding carboxylic acids is 1. The molecular formula is C13H14FNO5S. The number of hydrogen-bond acceptors (Lipinski definition) is 4. The number of carbonyl (C=O) groups is 2. The third kappa shape index (κ3) is 3.78. The van der Waals surface area contributed by atoms with Crippen molar-refractivity contribution in [1.82, 2.24) is 0 Å². The Hall–Kier alpha value is -1.96. The summed E-state index contributed by atoms with van der Waals surface area (Å²) in [7, 11) is -3.09. The fourth-order valence-electron chi connectivity index (χ4n) is 2.32. The maximum Gasteiger partial charge on any atom is 0.337 e. The van der Waals surface area contributed by atoms with Crippen LogP contribution in [0.15, 0.2) is 18.2 Å². The Labute approximate surface area is 120 Å². The van der Waals surface area contributed by atoms with Crippen LogP contribution < -0.4 is 5.32 Å². The van der Waals surface area contributed by atoms with E-state index in [1.807, 2.05) is 0 Å². The largest absolute Gasteiger partial charge is 0.478 e. The first-order valence-corrected chi connectivity index (χ1v) is 8.13. The van der Waals surface area contributed by atoms with Gasteiger partial charge in [0.1, 0.15) is 5.82 Å². The van der Waals surface area contributed by atoms with Gasteiger partial charge in [-0.25, -0.2) is 17.6 Å². The van der Waals surface area contributed by atoms with Crippen molar-refractivity contribution < 1.29 is 27.5 Å². The van der Waals surface area contributed by atoms with Gasteiger partial charge in [0.2, 0.25) is 5.91 Å². The first-order chi connectivity index (χ1) is 9.78. The number of aromatic carboxylic acids is 1. The third-order valence-electron chi connectivity index (χ3n) is 3.31. The Morgan fingerprint density at radius 3 is 2.67 bits per heavy atom. The number of amides is 1. The molecule has 0 bridgehead atoms. The molecule has 0 aliphatic carbocycles. The molecule has 1 atom stereocenters. The molecule has 1 aliphatic rings. The van der Waals surface area contributed by atoms with Crippen LogP contribution >= 0.6 is 0 Å². The molecule has 114 valence electrons. The Bertz CT molecular complexity index is 686. The van der Waals surface area contributed by atoms with Crippen molar-refractivity contribution in [1.29, 1.82) is 0 Å². The van der Waals surface area contributed by atoms with E-state index in [1.54, 1.807) is 0 Å². The lowest BCUT2D eigenvalue weighted by Crippen LogP contribution is -2.19. The molecular weight excluding hydrogens is 301 g/mol. The zero-order valence-electron chi connectivity index (χ0n) is 11.0. The van der Waals surface area contributed by atoms with Gasteiger partial charge in [0, 0.05) is 6.42 Å². The van der Waals surface area contributed by atoms with Crippen LogP contribution in [0.25, 0.3) is 0 Å². The second-order valence-electron chi connectivity index (χ2n) is 4.99. The number of anilines is 1. The highest BCUT2D eigenvalue weighted by molar-refractivity contribution is 7.91. The fraction of sp³-hybridized carbons (Fsp3) is 0.385. The van der Waals surface area contributed by atoms with Crippen LogP contribution in [0.2, 0.25) is 0 Å². The van der Waals surface area contributed by atoms with Crippen LogP contribution in [0.5, 0.6) is 0 Å². The summed E-state index contributed by atoms with van der Waals surface area (Å²) in [5, 5.41) is 11.2. The number of rotatable bonds is 4. The minimum atomic E-state index is -3.09. The molecule has 1 aromatic carbocycles. The van der Waals surface area contributed by atoms with E-state index in [1.165, 1.54) is 12.1 Å². The lowest BCUT2D eigenvalue weighted by atomic mass is 10.0. The number of benzene rings is 1. The molecule has 1 unspecified atom stereocenters. The minimum absolute atomic E-state index is 0.0466. The van der Waals surface area contributed by atoms with Gasteiger partial charge in [-0.2, -0.15) is 0 Å². The van der Waals surface area contributed by atoms with E-state index in [9.17, 15) is 22.4 Å². The third-order valence-corrected chi connectivity index (χ3v) is 5.15. The first-order valence-electron chi connectivity index (χ1n) is 6.30. The monoisotopic (exact) mass is 315 g/mol. The van der Waals surface area contributed by atoms with Gasteiger partial charge < -0.3 is 10.4 Å². The Morgan fingerprint density at radius 2 is 2.10 bits per heavy atom. The molecule has 21 heavy (non-hydrogen) atoms. The summed E-state index contributed by atoms with van der Waals surface area (Å²) in [6.45, 7) is 0. The number of nitrogens with one attached hydrogen (secondary N) is 1. The molecule has 2 N–H and O–H groups in total. The SMILES string of the molecule is O=C(CC1CCS(=O)(=O)C1)Nc1c(F)cccc1C(=O)O. The zero-order valence-corrected chi connectivity index (χ0v) is 11.8. The molecule has 8 heteroatoms. The topological polar surface area (TPSA) is 101 Å². The Balaban J connectivity index is 2.09. The van der Waals surface area contributed by atoms with E-state index in [2.05, 4.69) is 5.32 Å².